The third-order valence-electron chi connectivity index (χ3n) is 3.95. The molecule has 1 fully saturated rings. The summed E-state index contributed by atoms with van der Waals surface area (Å²) in [6.45, 7) is 1.83. The number of halogens is 2. The van der Waals surface area contributed by atoms with E-state index in [2.05, 4.69) is 0 Å². The highest BCUT2D eigenvalue weighted by molar-refractivity contribution is 5.39. The standard InChI is InChI=1S/C12H15F2NO/c1-11(5-12(11,6-15)7-16)10-8(13)3-2-4-9(10)14/h2-4,16H,5-7,15H2,1H3. The fourth-order valence-corrected chi connectivity index (χ4v) is 2.60. The van der Waals surface area contributed by atoms with Gasteiger partial charge in [0.15, 0.2) is 0 Å². The Bertz CT molecular complexity index is 397. The van der Waals surface area contributed by atoms with Crippen LogP contribution in [0.5, 0.6) is 0 Å². The van der Waals surface area contributed by atoms with Crippen LogP contribution in [0, 0.1) is 17.0 Å². The zero-order valence-electron chi connectivity index (χ0n) is 9.13. The van der Waals surface area contributed by atoms with Gasteiger partial charge in [-0.3, -0.25) is 0 Å². The van der Waals surface area contributed by atoms with Gasteiger partial charge in [0.1, 0.15) is 11.6 Å². The number of aliphatic hydroxyl groups is 1. The fraction of sp³-hybridized carbons (Fsp3) is 0.500. The molecule has 0 radical (unpaired) electrons. The first-order chi connectivity index (χ1) is 7.50. The van der Waals surface area contributed by atoms with E-state index in [1.807, 2.05) is 0 Å². The lowest BCUT2D eigenvalue weighted by Gasteiger charge is -2.20. The van der Waals surface area contributed by atoms with Gasteiger partial charge in [-0.1, -0.05) is 13.0 Å². The number of rotatable bonds is 3. The van der Waals surface area contributed by atoms with Crippen LogP contribution >= 0.6 is 0 Å². The molecular formula is C12H15F2NO. The SMILES string of the molecule is CC1(c2c(F)cccc2F)CC1(CN)CO. The molecule has 1 aromatic rings. The number of hydrogen-bond acceptors (Lipinski definition) is 2. The van der Waals surface area contributed by atoms with Crippen LogP contribution in [0.25, 0.3) is 0 Å². The van der Waals surface area contributed by atoms with Gasteiger partial charge in [0, 0.05) is 22.9 Å². The summed E-state index contributed by atoms with van der Waals surface area (Å²) in [5.74, 6) is -1.13. The van der Waals surface area contributed by atoms with Crippen molar-refractivity contribution in [2.24, 2.45) is 11.1 Å². The number of aliphatic hydroxyl groups excluding tert-OH is 1. The molecule has 0 spiro atoms. The lowest BCUT2D eigenvalue weighted by Crippen LogP contribution is -2.29. The number of benzene rings is 1. The van der Waals surface area contributed by atoms with E-state index in [0.717, 1.165) is 0 Å². The van der Waals surface area contributed by atoms with Gasteiger partial charge < -0.3 is 10.8 Å². The van der Waals surface area contributed by atoms with Crippen molar-refractivity contribution in [1.29, 1.82) is 0 Å². The Morgan fingerprint density at radius 2 is 1.94 bits per heavy atom. The van der Waals surface area contributed by atoms with Crippen LogP contribution in [0.1, 0.15) is 18.9 Å². The first-order valence-corrected chi connectivity index (χ1v) is 5.26. The van der Waals surface area contributed by atoms with Crippen molar-refractivity contribution in [3.05, 3.63) is 35.4 Å². The summed E-state index contributed by atoms with van der Waals surface area (Å²) < 4.78 is 27.3. The number of hydrogen-bond donors (Lipinski definition) is 2. The van der Waals surface area contributed by atoms with Crippen molar-refractivity contribution >= 4 is 0 Å². The van der Waals surface area contributed by atoms with E-state index in [9.17, 15) is 13.9 Å². The molecule has 88 valence electrons. The van der Waals surface area contributed by atoms with Crippen LogP contribution in [-0.4, -0.2) is 18.3 Å². The minimum Gasteiger partial charge on any atom is -0.396 e. The topological polar surface area (TPSA) is 46.2 Å². The van der Waals surface area contributed by atoms with Crippen LogP contribution in [0.3, 0.4) is 0 Å². The third kappa shape index (κ3) is 1.30. The average molecular weight is 227 g/mol. The zero-order valence-corrected chi connectivity index (χ0v) is 9.13. The molecule has 0 saturated heterocycles. The van der Waals surface area contributed by atoms with Gasteiger partial charge in [-0.2, -0.15) is 0 Å². The second-order valence-electron chi connectivity index (χ2n) is 4.75. The Morgan fingerprint density at radius 3 is 2.31 bits per heavy atom. The molecule has 0 aliphatic heterocycles. The van der Waals surface area contributed by atoms with Gasteiger partial charge in [-0.05, 0) is 18.6 Å². The second-order valence-corrected chi connectivity index (χ2v) is 4.75. The molecule has 2 nitrogen and oxygen atoms in total. The highest BCUT2D eigenvalue weighted by Crippen LogP contribution is 2.64. The van der Waals surface area contributed by atoms with Crippen LogP contribution < -0.4 is 5.73 Å². The van der Waals surface area contributed by atoms with Crippen molar-refractivity contribution in [2.45, 2.75) is 18.8 Å². The van der Waals surface area contributed by atoms with Gasteiger partial charge in [-0.15, -0.1) is 0 Å². The summed E-state index contributed by atoms with van der Waals surface area (Å²) in [7, 11) is 0. The predicted molar refractivity (Wildman–Crippen MR) is 56.9 cm³/mol. The molecule has 0 amide bonds. The third-order valence-corrected chi connectivity index (χ3v) is 3.95. The molecule has 0 aromatic heterocycles. The smallest absolute Gasteiger partial charge is 0.129 e. The first-order valence-electron chi connectivity index (χ1n) is 5.26. The fourth-order valence-electron chi connectivity index (χ4n) is 2.60. The molecule has 1 aliphatic carbocycles. The Kier molecular flexibility index (Phi) is 2.51. The normalized spacial score (nSPS) is 32.8. The summed E-state index contributed by atoms with van der Waals surface area (Å²) in [6.07, 6.45) is 0.519. The molecule has 1 aliphatic rings. The minimum absolute atomic E-state index is 0.0505. The molecule has 0 heterocycles. The highest BCUT2D eigenvalue weighted by atomic mass is 19.1. The van der Waals surface area contributed by atoms with Crippen LogP contribution in [-0.2, 0) is 5.41 Å². The molecule has 0 bridgehead atoms. The van der Waals surface area contributed by atoms with E-state index in [1.165, 1.54) is 18.2 Å². The first kappa shape index (κ1) is 11.5. The highest BCUT2D eigenvalue weighted by Gasteiger charge is 2.65. The molecular weight excluding hydrogens is 212 g/mol. The average Bonchev–Trinajstić information content (AvgIpc) is 2.85. The Labute approximate surface area is 93.1 Å². The van der Waals surface area contributed by atoms with E-state index in [0.29, 0.717) is 6.42 Å². The maximum absolute atomic E-state index is 13.6. The van der Waals surface area contributed by atoms with Gasteiger partial charge in [0.25, 0.3) is 0 Å². The Balaban J connectivity index is 2.48. The van der Waals surface area contributed by atoms with Gasteiger partial charge >= 0.3 is 0 Å². The van der Waals surface area contributed by atoms with E-state index < -0.39 is 22.5 Å². The van der Waals surface area contributed by atoms with E-state index >= 15 is 0 Å². The van der Waals surface area contributed by atoms with Gasteiger partial charge in [0.05, 0.1) is 6.61 Å². The molecule has 1 aromatic carbocycles. The van der Waals surface area contributed by atoms with Crippen molar-refractivity contribution in [3.8, 4) is 0 Å². The van der Waals surface area contributed by atoms with Crippen LogP contribution in [0.2, 0.25) is 0 Å². The molecule has 16 heavy (non-hydrogen) atoms. The van der Waals surface area contributed by atoms with E-state index in [1.54, 1.807) is 6.92 Å². The Morgan fingerprint density at radius 1 is 1.38 bits per heavy atom. The molecule has 2 atom stereocenters. The van der Waals surface area contributed by atoms with Gasteiger partial charge in [0.2, 0.25) is 0 Å². The summed E-state index contributed by atoms with van der Waals surface area (Å²) in [5.41, 5.74) is 4.38. The van der Waals surface area contributed by atoms with Gasteiger partial charge in [-0.25, -0.2) is 8.78 Å². The van der Waals surface area contributed by atoms with Crippen molar-refractivity contribution in [2.75, 3.05) is 13.2 Å². The molecule has 3 N–H and O–H groups in total. The maximum atomic E-state index is 13.6. The summed E-state index contributed by atoms with van der Waals surface area (Å²) in [4.78, 5) is 0. The second kappa shape index (κ2) is 3.50. The molecule has 1 saturated carbocycles. The largest absolute Gasteiger partial charge is 0.396 e. The Hall–Kier alpha value is -1.00. The van der Waals surface area contributed by atoms with Crippen LogP contribution in [0.15, 0.2) is 18.2 Å². The molecule has 4 heteroatoms. The van der Waals surface area contributed by atoms with Crippen molar-refractivity contribution < 1.29 is 13.9 Å². The predicted octanol–water partition coefficient (Wildman–Crippen LogP) is 1.56. The van der Waals surface area contributed by atoms with E-state index in [4.69, 9.17) is 5.73 Å². The number of nitrogens with two attached hydrogens (primary N) is 1. The zero-order chi connectivity index (χ0) is 12.0. The lowest BCUT2D eigenvalue weighted by molar-refractivity contribution is 0.196. The lowest BCUT2D eigenvalue weighted by atomic mass is 9.87. The maximum Gasteiger partial charge on any atom is 0.129 e. The monoisotopic (exact) mass is 227 g/mol. The molecule has 2 unspecified atom stereocenters. The summed E-state index contributed by atoms with van der Waals surface area (Å²) in [5, 5.41) is 9.31. The molecule has 2 rings (SSSR count). The van der Waals surface area contributed by atoms with E-state index in [-0.39, 0.29) is 18.7 Å². The summed E-state index contributed by atoms with van der Waals surface area (Å²) >= 11 is 0. The minimum atomic E-state index is -0.689. The quantitative estimate of drug-likeness (QED) is 0.823. The van der Waals surface area contributed by atoms with Crippen LogP contribution in [0.4, 0.5) is 8.78 Å². The van der Waals surface area contributed by atoms with Crippen molar-refractivity contribution in [1.82, 2.24) is 0 Å². The summed E-state index contributed by atoms with van der Waals surface area (Å²) in [6, 6.07) is 3.81. The van der Waals surface area contributed by atoms with Crippen molar-refractivity contribution in [3.63, 3.8) is 0 Å².